The number of nitrogens with one attached hydrogen (secondary N) is 1. The van der Waals surface area contributed by atoms with E-state index in [2.05, 4.69) is 29.0 Å². The smallest absolute Gasteiger partial charge is 0.0469 e. The molecule has 0 unspecified atom stereocenters. The van der Waals surface area contributed by atoms with E-state index in [0.29, 0.717) is 0 Å². The lowest BCUT2D eigenvalue weighted by atomic mass is 10.2. The lowest BCUT2D eigenvalue weighted by Gasteiger charge is -1.98. The molecule has 0 aliphatic heterocycles. The Balaban J connectivity index is 2.33. The molecule has 0 saturated carbocycles. The third-order valence-corrected chi connectivity index (χ3v) is 2.10. The van der Waals surface area contributed by atoms with Gasteiger partial charge < -0.3 is 4.98 Å². The standard InChI is InChI=1S/C11H12N2/c1-2-10-6-5-9(8-13-10)11-4-3-7-12-11/h3-8,12H,2H2,1H3. The van der Waals surface area contributed by atoms with Gasteiger partial charge in [-0.25, -0.2) is 0 Å². The van der Waals surface area contributed by atoms with Gasteiger partial charge in [0.1, 0.15) is 0 Å². The van der Waals surface area contributed by atoms with E-state index in [1.54, 1.807) is 0 Å². The highest BCUT2D eigenvalue weighted by atomic mass is 14.7. The first-order chi connectivity index (χ1) is 6.40. The molecule has 0 radical (unpaired) electrons. The number of rotatable bonds is 2. The Labute approximate surface area is 77.6 Å². The summed E-state index contributed by atoms with van der Waals surface area (Å²) in [5, 5.41) is 0. The molecule has 0 fully saturated rings. The van der Waals surface area contributed by atoms with Crippen molar-refractivity contribution in [1.82, 2.24) is 9.97 Å². The van der Waals surface area contributed by atoms with Crippen LogP contribution in [0.5, 0.6) is 0 Å². The van der Waals surface area contributed by atoms with Crippen molar-refractivity contribution in [3.63, 3.8) is 0 Å². The second kappa shape index (κ2) is 3.44. The summed E-state index contributed by atoms with van der Waals surface area (Å²) in [6.07, 6.45) is 4.82. The Morgan fingerprint density at radius 3 is 2.77 bits per heavy atom. The summed E-state index contributed by atoms with van der Waals surface area (Å²) < 4.78 is 0. The molecule has 2 heterocycles. The van der Waals surface area contributed by atoms with E-state index in [-0.39, 0.29) is 0 Å². The van der Waals surface area contributed by atoms with Crippen LogP contribution < -0.4 is 0 Å². The van der Waals surface area contributed by atoms with Crippen LogP contribution in [-0.2, 0) is 6.42 Å². The molecule has 0 saturated heterocycles. The first-order valence-electron chi connectivity index (χ1n) is 4.49. The predicted octanol–water partition coefficient (Wildman–Crippen LogP) is 2.64. The van der Waals surface area contributed by atoms with Gasteiger partial charge in [0.25, 0.3) is 0 Å². The van der Waals surface area contributed by atoms with Crippen LogP contribution in [0, 0.1) is 0 Å². The van der Waals surface area contributed by atoms with Crippen molar-refractivity contribution in [2.45, 2.75) is 13.3 Å². The first-order valence-corrected chi connectivity index (χ1v) is 4.49. The predicted molar refractivity (Wildman–Crippen MR) is 53.4 cm³/mol. The molecule has 2 heteroatoms. The van der Waals surface area contributed by atoms with Crippen molar-refractivity contribution >= 4 is 0 Å². The Morgan fingerprint density at radius 1 is 1.31 bits per heavy atom. The van der Waals surface area contributed by atoms with Crippen molar-refractivity contribution in [1.29, 1.82) is 0 Å². The van der Waals surface area contributed by atoms with E-state index >= 15 is 0 Å². The third-order valence-electron chi connectivity index (χ3n) is 2.10. The van der Waals surface area contributed by atoms with Crippen molar-refractivity contribution in [3.8, 4) is 11.3 Å². The van der Waals surface area contributed by atoms with Gasteiger partial charge in [-0.3, -0.25) is 4.98 Å². The van der Waals surface area contributed by atoms with Gasteiger partial charge >= 0.3 is 0 Å². The van der Waals surface area contributed by atoms with E-state index in [4.69, 9.17) is 0 Å². The number of hydrogen-bond donors (Lipinski definition) is 1. The topological polar surface area (TPSA) is 28.7 Å². The van der Waals surface area contributed by atoms with Gasteiger partial charge in [-0.1, -0.05) is 6.92 Å². The van der Waals surface area contributed by atoms with Gasteiger partial charge in [-0.05, 0) is 30.7 Å². The molecular weight excluding hydrogens is 160 g/mol. The molecule has 13 heavy (non-hydrogen) atoms. The lowest BCUT2D eigenvalue weighted by molar-refractivity contribution is 1.04. The van der Waals surface area contributed by atoms with Crippen molar-refractivity contribution in [2.24, 2.45) is 0 Å². The Hall–Kier alpha value is -1.57. The van der Waals surface area contributed by atoms with Gasteiger partial charge in [0.15, 0.2) is 0 Å². The van der Waals surface area contributed by atoms with Crippen molar-refractivity contribution in [2.75, 3.05) is 0 Å². The summed E-state index contributed by atoms with van der Waals surface area (Å²) in [5.74, 6) is 0. The normalized spacial score (nSPS) is 10.2. The van der Waals surface area contributed by atoms with Crippen molar-refractivity contribution in [3.05, 3.63) is 42.4 Å². The molecule has 2 rings (SSSR count). The van der Waals surface area contributed by atoms with E-state index in [0.717, 1.165) is 23.4 Å². The first kappa shape index (κ1) is 8.05. The number of aromatic amines is 1. The maximum absolute atomic E-state index is 4.33. The zero-order valence-electron chi connectivity index (χ0n) is 7.62. The average molecular weight is 172 g/mol. The molecule has 0 aliphatic rings. The summed E-state index contributed by atoms with van der Waals surface area (Å²) >= 11 is 0. The fourth-order valence-electron chi connectivity index (χ4n) is 1.30. The summed E-state index contributed by atoms with van der Waals surface area (Å²) in [6.45, 7) is 2.11. The molecule has 2 aromatic heterocycles. The SMILES string of the molecule is CCc1ccc(-c2ccc[nH]2)cn1. The van der Waals surface area contributed by atoms with Gasteiger partial charge in [-0.2, -0.15) is 0 Å². The summed E-state index contributed by atoms with van der Waals surface area (Å²) in [4.78, 5) is 7.48. The zero-order valence-corrected chi connectivity index (χ0v) is 7.62. The highest BCUT2D eigenvalue weighted by molar-refractivity contribution is 5.57. The fourth-order valence-corrected chi connectivity index (χ4v) is 1.30. The van der Waals surface area contributed by atoms with Gasteiger partial charge in [0.05, 0.1) is 0 Å². The minimum Gasteiger partial charge on any atom is -0.361 e. The molecule has 2 aromatic rings. The van der Waals surface area contributed by atoms with E-state index in [9.17, 15) is 0 Å². The number of aromatic nitrogens is 2. The Kier molecular flexibility index (Phi) is 2.13. The molecule has 0 spiro atoms. The van der Waals surface area contributed by atoms with Crippen molar-refractivity contribution < 1.29 is 0 Å². The zero-order chi connectivity index (χ0) is 9.10. The number of H-pyrrole nitrogens is 1. The van der Waals surface area contributed by atoms with Gasteiger partial charge in [0.2, 0.25) is 0 Å². The summed E-state index contributed by atoms with van der Waals surface area (Å²) in [5.41, 5.74) is 3.40. The van der Waals surface area contributed by atoms with E-state index in [1.165, 1.54) is 0 Å². The van der Waals surface area contributed by atoms with Crippen LogP contribution in [-0.4, -0.2) is 9.97 Å². The van der Waals surface area contributed by atoms with Gasteiger partial charge in [0, 0.05) is 29.3 Å². The second-order valence-corrected chi connectivity index (χ2v) is 2.98. The highest BCUT2D eigenvalue weighted by Gasteiger charge is 1.97. The Morgan fingerprint density at radius 2 is 2.23 bits per heavy atom. The maximum atomic E-state index is 4.33. The number of aryl methyl sites for hydroxylation is 1. The minimum absolute atomic E-state index is 0.991. The lowest BCUT2D eigenvalue weighted by Crippen LogP contribution is -1.86. The molecule has 0 aromatic carbocycles. The van der Waals surface area contributed by atoms with Crippen LogP contribution in [0.4, 0.5) is 0 Å². The van der Waals surface area contributed by atoms with Crippen LogP contribution in [0.1, 0.15) is 12.6 Å². The van der Waals surface area contributed by atoms with Gasteiger partial charge in [-0.15, -0.1) is 0 Å². The van der Waals surface area contributed by atoms with E-state index in [1.807, 2.05) is 24.5 Å². The summed E-state index contributed by atoms with van der Waals surface area (Å²) in [6, 6.07) is 8.19. The third kappa shape index (κ3) is 1.61. The maximum Gasteiger partial charge on any atom is 0.0469 e. The molecular formula is C11H12N2. The van der Waals surface area contributed by atoms with Crippen LogP contribution in [0.2, 0.25) is 0 Å². The minimum atomic E-state index is 0.991. The fraction of sp³-hybridized carbons (Fsp3) is 0.182. The van der Waals surface area contributed by atoms with E-state index < -0.39 is 0 Å². The second-order valence-electron chi connectivity index (χ2n) is 2.98. The molecule has 0 atom stereocenters. The number of nitrogens with zero attached hydrogens (tertiary/aromatic N) is 1. The molecule has 1 N–H and O–H groups in total. The number of pyridine rings is 1. The van der Waals surface area contributed by atoms with Crippen LogP contribution in [0.15, 0.2) is 36.7 Å². The monoisotopic (exact) mass is 172 g/mol. The molecule has 2 nitrogen and oxygen atoms in total. The van der Waals surface area contributed by atoms with Crippen LogP contribution in [0.25, 0.3) is 11.3 Å². The molecule has 66 valence electrons. The number of hydrogen-bond acceptors (Lipinski definition) is 1. The summed E-state index contributed by atoms with van der Waals surface area (Å²) in [7, 11) is 0. The largest absolute Gasteiger partial charge is 0.361 e. The van der Waals surface area contributed by atoms with Crippen LogP contribution >= 0.6 is 0 Å². The molecule has 0 aliphatic carbocycles. The highest BCUT2D eigenvalue weighted by Crippen LogP contribution is 2.15. The average Bonchev–Trinajstić information content (AvgIpc) is 2.71. The molecule has 0 amide bonds. The van der Waals surface area contributed by atoms with Crippen LogP contribution in [0.3, 0.4) is 0 Å². The quantitative estimate of drug-likeness (QED) is 0.741. The Bertz CT molecular complexity index is 359. The molecule has 0 bridgehead atoms.